The molecule has 0 aliphatic carbocycles. The summed E-state index contributed by atoms with van der Waals surface area (Å²) in [7, 11) is 0. The standard InChI is InChI=1S/C14H14N2O/c1-11-5-3-6-13(9-11)16(12(2)17)14-7-4-8-15-10-14/h3-10H,1-2H3. The van der Waals surface area contributed by atoms with Gasteiger partial charge in [0.2, 0.25) is 5.91 Å². The van der Waals surface area contributed by atoms with E-state index in [2.05, 4.69) is 4.98 Å². The molecule has 0 N–H and O–H groups in total. The van der Waals surface area contributed by atoms with Gasteiger partial charge in [0.25, 0.3) is 0 Å². The van der Waals surface area contributed by atoms with Gasteiger partial charge in [-0.05, 0) is 36.8 Å². The highest BCUT2D eigenvalue weighted by atomic mass is 16.2. The van der Waals surface area contributed by atoms with E-state index in [0.29, 0.717) is 0 Å². The molecule has 0 aliphatic heterocycles. The third kappa shape index (κ3) is 2.50. The zero-order valence-electron chi connectivity index (χ0n) is 9.92. The van der Waals surface area contributed by atoms with Crippen LogP contribution < -0.4 is 4.90 Å². The minimum Gasteiger partial charge on any atom is -0.280 e. The third-order valence-corrected chi connectivity index (χ3v) is 2.48. The average Bonchev–Trinajstić information content (AvgIpc) is 2.30. The van der Waals surface area contributed by atoms with Crippen molar-refractivity contribution in [2.45, 2.75) is 13.8 Å². The van der Waals surface area contributed by atoms with E-state index in [1.165, 1.54) is 0 Å². The Kier molecular flexibility index (Phi) is 3.19. The largest absolute Gasteiger partial charge is 0.280 e. The molecule has 0 radical (unpaired) electrons. The number of hydrogen-bond donors (Lipinski definition) is 0. The molecule has 3 nitrogen and oxygen atoms in total. The lowest BCUT2D eigenvalue weighted by Crippen LogP contribution is -2.22. The molecule has 1 heterocycles. The fraction of sp³-hybridized carbons (Fsp3) is 0.143. The van der Waals surface area contributed by atoms with Gasteiger partial charge in [-0.2, -0.15) is 0 Å². The maximum Gasteiger partial charge on any atom is 0.228 e. The van der Waals surface area contributed by atoms with Crippen molar-refractivity contribution in [1.82, 2.24) is 4.98 Å². The van der Waals surface area contributed by atoms with Crippen LogP contribution in [0.25, 0.3) is 0 Å². The Morgan fingerprint density at radius 2 is 1.94 bits per heavy atom. The fourth-order valence-electron chi connectivity index (χ4n) is 1.77. The molecular weight excluding hydrogens is 212 g/mol. The number of aromatic nitrogens is 1. The predicted molar refractivity (Wildman–Crippen MR) is 68.2 cm³/mol. The number of benzene rings is 1. The minimum absolute atomic E-state index is 0.0244. The molecule has 0 unspecified atom stereocenters. The molecule has 3 heteroatoms. The summed E-state index contributed by atoms with van der Waals surface area (Å²) in [6.45, 7) is 3.56. The summed E-state index contributed by atoms with van der Waals surface area (Å²) < 4.78 is 0. The van der Waals surface area contributed by atoms with Crippen LogP contribution in [0.3, 0.4) is 0 Å². The molecule has 1 aromatic heterocycles. The van der Waals surface area contributed by atoms with Crippen LogP contribution in [-0.4, -0.2) is 10.9 Å². The van der Waals surface area contributed by atoms with Gasteiger partial charge in [0.15, 0.2) is 0 Å². The lowest BCUT2D eigenvalue weighted by Gasteiger charge is -2.21. The molecule has 0 saturated carbocycles. The Labute approximate surface area is 101 Å². The van der Waals surface area contributed by atoms with E-state index in [9.17, 15) is 4.79 Å². The first-order valence-electron chi connectivity index (χ1n) is 5.46. The Morgan fingerprint density at radius 3 is 2.53 bits per heavy atom. The van der Waals surface area contributed by atoms with E-state index in [0.717, 1.165) is 16.9 Å². The molecule has 86 valence electrons. The summed E-state index contributed by atoms with van der Waals surface area (Å²) in [6.07, 6.45) is 3.38. The number of rotatable bonds is 2. The van der Waals surface area contributed by atoms with Crippen molar-refractivity contribution in [3.05, 3.63) is 54.4 Å². The van der Waals surface area contributed by atoms with Gasteiger partial charge in [-0.1, -0.05) is 12.1 Å². The van der Waals surface area contributed by atoms with Crippen molar-refractivity contribution < 1.29 is 4.79 Å². The van der Waals surface area contributed by atoms with Crippen LogP contribution in [0.5, 0.6) is 0 Å². The quantitative estimate of drug-likeness (QED) is 0.788. The van der Waals surface area contributed by atoms with Crippen LogP contribution in [0.1, 0.15) is 12.5 Å². The van der Waals surface area contributed by atoms with Gasteiger partial charge in [0.1, 0.15) is 0 Å². The SMILES string of the molecule is CC(=O)N(c1cccnc1)c1cccc(C)c1. The van der Waals surface area contributed by atoms with Crippen LogP contribution >= 0.6 is 0 Å². The van der Waals surface area contributed by atoms with Crippen LogP contribution in [0.4, 0.5) is 11.4 Å². The molecule has 0 aliphatic rings. The highest BCUT2D eigenvalue weighted by molar-refractivity contribution is 5.98. The number of carbonyl (C=O) groups excluding carboxylic acids is 1. The number of aryl methyl sites for hydroxylation is 1. The highest BCUT2D eigenvalue weighted by Gasteiger charge is 2.13. The Morgan fingerprint density at radius 1 is 1.18 bits per heavy atom. The molecule has 2 aromatic rings. The van der Waals surface area contributed by atoms with Gasteiger partial charge in [-0.3, -0.25) is 14.7 Å². The topological polar surface area (TPSA) is 33.2 Å². The van der Waals surface area contributed by atoms with Crippen LogP contribution in [0, 0.1) is 6.92 Å². The van der Waals surface area contributed by atoms with Crippen LogP contribution in [0.15, 0.2) is 48.8 Å². The summed E-state index contributed by atoms with van der Waals surface area (Å²) in [5.74, 6) is -0.0244. The van der Waals surface area contributed by atoms with Crippen molar-refractivity contribution >= 4 is 17.3 Å². The van der Waals surface area contributed by atoms with Crippen LogP contribution in [0.2, 0.25) is 0 Å². The maximum atomic E-state index is 11.8. The summed E-state index contributed by atoms with van der Waals surface area (Å²) in [6, 6.07) is 11.5. The van der Waals surface area contributed by atoms with E-state index in [1.807, 2.05) is 43.3 Å². The molecule has 0 atom stereocenters. The maximum absolute atomic E-state index is 11.8. The molecule has 0 saturated heterocycles. The second-order valence-electron chi connectivity index (χ2n) is 3.90. The monoisotopic (exact) mass is 226 g/mol. The second-order valence-corrected chi connectivity index (χ2v) is 3.90. The van der Waals surface area contributed by atoms with Crippen molar-refractivity contribution in [2.24, 2.45) is 0 Å². The van der Waals surface area contributed by atoms with E-state index >= 15 is 0 Å². The first-order chi connectivity index (χ1) is 8.18. The number of carbonyl (C=O) groups is 1. The molecule has 0 spiro atoms. The van der Waals surface area contributed by atoms with Crippen molar-refractivity contribution in [3.63, 3.8) is 0 Å². The number of pyridine rings is 1. The van der Waals surface area contributed by atoms with Crippen LogP contribution in [-0.2, 0) is 4.79 Å². The van der Waals surface area contributed by atoms with E-state index < -0.39 is 0 Å². The summed E-state index contributed by atoms with van der Waals surface area (Å²) in [5.41, 5.74) is 2.77. The molecule has 17 heavy (non-hydrogen) atoms. The summed E-state index contributed by atoms with van der Waals surface area (Å²) in [5, 5.41) is 0. The number of amides is 1. The third-order valence-electron chi connectivity index (χ3n) is 2.48. The van der Waals surface area contributed by atoms with E-state index in [4.69, 9.17) is 0 Å². The van der Waals surface area contributed by atoms with E-state index in [-0.39, 0.29) is 5.91 Å². The molecular formula is C14H14N2O. The molecule has 0 fully saturated rings. The van der Waals surface area contributed by atoms with Gasteiger partial charge < -0.3 is 0 Å². The number of anilines is 2. The molecule has 2 rings (SSSR count). The van der Waals surface area contributed by atoms with Gasteiger partial charge in [-0.15, -0.1) is 0 Å². The minimum atomic E-state index is -0.0244. The van der Waals surface area contributed by atoms with Crippen molar-refractivity contribution in [1.29, 1.82) is 0 Å². The smallest absolute Gasteiger partial charge is 0.228 e. The fourth-order valence-corrected chi connectivity index (χ4v) is 1.77. The second kappa shape index (κ2) is 4.78. The predicted octanol–water partition coefficient (Wildman–Crippen LogP) is 3.07. The normalized spacial score (nSPS) is 10.0. The first-order valence-corrected chi connectivity index (χ1v) is 5.46. The van der Waals surface area contributed by atoms with Gasteiger partial charge in [0.05, 0.1) is 11.9 Å². The summed E-state index contributed by atoms with van der Waals surface area (Å²) in [4.78, 5) is 17.4. The van der Waals surface area contributed by atoms with Gasteiger partial charge in [0, 0.05) is 18.8 Å². The highest BCUT2D eigenvalue weighted by Crippen LogP contribution is 2.25. The van der Waals surface area contributed by atoms with Crippen molar-refractivity contribution in [2.75, 3.05) is 4.90 Å². The molecule has 0 bridgehead atoms. The molecule has 1 amide bonds. The Hall–Kier alpha value is -2.16. The molecule has 1 aromatic carbocycles. The number of nitrogens with zero attached hydrogens (tertiary/aromatic N) is 2. The Bertz CT molecular complexity index is 523. The van der Waals surface area contributed by atoms with E-state index in [1.54, 1.807) is 24.2 Å². The van der Waals surface area contributed by atoms with Gasteiger partial charge in [-0.25, -0.2) is 0 Å². The Balaban J connectivity index is 2.47. The zero-order chi connectivity index (χ0) is 12.3. The average molecular weight is 226 g/mol. The zero-order valence-corrected chi connectivity index (χ0v) is 9.92. The number of hydrogen-bond acceptors (Lipinski definition) is 2. The first kappa shape index (κ1) is 11.3. The summed E-state index contributed by atoms with van der Waals surface area (Å²) >= 11 is 0. The van der Waals surface area contributed by atoms with Gasteiger partial charge >= 0.3 is 0 Å². The lowest BCUT2D eigenvalue weighted by atomic mass is 10.2. The van der Waals surface area contributed by atoms with Crippen molar-refractivity contribution in [3.8, 4) is 0 Å². The lowest BCUT2D eigenvalue weighted by molar-refractivity contribution is -0.115.